The lowest BCUT2D eigenvalue weighted by molar-refractivity contribution is 0.0600. The summed E-state index contributed by atoms with van der Waals surface area (Å²) in [6, 6.07) is 15.0. The fourth-order valence-corrected chi connectivity index (χ4v) is 4.35. The van der Waals surface area contributed by atoms with E-state index in [1.165, 1.54) is 7.11 Å². The number of benzene rings is 2. The maximum Gasteiger partial charge on any atom is 0.337 e. The molecule has 0 aliphatic heterocycles. The maximum absolute atomic E-state index is 13.4. The summed E-state index contributed by atoms with van der Waals surface area (Å²) >= 11 is 0. The van der Waals surface area contributed by atoms with E-state index in [-0.39, 0.29) is 24.1 Å². The third kappa shape index (κ3) is 4.75. The summed E-state index contributed by atoms with van der Waals surface area (Å²) in [7, 11) is 1.35. The Morgan fingerprint density at radius 2 is 1.74 bits per heavy atom. The molecule has 0 saturated heterocycles. The molecule has 0 bridgehead atoms. The number of H-pyrrole nitrogens is 1. The Hall–Kier alpha value is -4.13. The molecule has 1 amide bonds. The van der Waals surface area contributed by atoms with E-state index in [9.17, 15) is 14.4 Å². The molecule has 180 valence electrons. The van der Waals surface area contributed by atoms with Gasteiger partial charge < -0.3 is 19.6 Å². The number of hydrogen-bond acceptors (Lipinski definition) is 4. The number of amides is 1. The maximum atomic E-state index is 13.4. The van der Waals surface area contributed by atoms with E-state index in [0.29, 0.717) is 16.7 Å². The average molecular weight is 472 g/mol. The van der Waals surface area contributed by atoms with Gasteiger partial charge in [0.15, 0.2) is 0 Å². The first-order chi connectivity index (χ1) is 16.7. The molecule has 4 aromatic rings. The van der Waals surface area contributed by atoms with Gasteiger partial charge in [-0.15, -0.1) is 0 Å². The van der Waals surface area contributed by atoms with Crippen LogP contribution in [0.15, 0.2) is 59.5 Å². The molecular weight excluding hydrogens is 442 g/mol. The standard InChI is InChI=1S/C28H29N3O4/c1-16(2)31-11-10-22-23(26(32)29-15-24-17(3)12-18(4)30-27(24)33)13-21(14-25(22)31)19-6-8-20(9-7-19)28(34)35-5/h6-14,16H,15H2,1-5H3,(H,29,32)(H,30,33). The number of fused-ring (bicyclic) bond motifs is 1. The normalized spacial score (nSPS) is 11.1. The van der Waals surface area contributed by atoms with Crippen LogP contribution >= 0.6 is 0 Å². The summed E-state index contributed by atoms with van der Waals surface area (Å²) in [6.07, 6.45) is 1.98. The molecule has 35 heavy (non-hydrogen) atoms. The average Bonchev–Trinajstić information content (AvgIpc) is 3.26. The van der Waals surface area contributed by atoms with Crippen LogP contribution in [0.4, 0.5) is 0 Å². The molecule has 2 aromatic carbocycles. The molecule has 0 atom stereocenters. The Balaban J connectivity index is 1.74. The van der Waals surface area contributed by atoms with Crippen molar-refractivity contribution in [1.29, 1.82) is 0 Å². The summed E-state index contributed by atoms with van der Waals surface area (Å²) in [5.74, 6) is -0.661. The number of pyridine rings is 1. The van der Waals surface area contributed by atoms with E-state index in [1.54, 1.807) is 12.1 Å². The highest BCUT2D eigenvalue weighted by Gasteiger charge is 2.17. The third-order valence-electron chi connectivity index (χ3n) is 6.20. The molecule has 4 rings (SSSR count). The van der Waals surface area contributed by atoms with Gasteiger partial charge in [-0.2, -0.15) is 0 Å². The first-order valence-electron chi connectivity index (χ1n) is 11.5. The van der Waals surface area contributed by atoms with Crippen LogP contribution in [0.2, 0.25) is 0 Å². The number of rotatable bonds is 6. The molecular formula is C28H29N3O4. The third-order valence-corrected chi connectivity index (χ3v) is 6.20. The number of methoxy groups -OCH3 is 1. The molecule has 2 heterocycles. The van der Waals surface area contributed by atoms with Gasteiger partial charge in [0.05, 0.1) is 12.7 Å². The van der Waals surface area contributed by atoms with Crippen LogP contribution in [-0.4, -0.2) is 28.5 Å². The molecule has 0 fully saturated rings. The van der Waals surface area contributed by atoms with E-state index >= 15 is 0 Å². The second kappa shape index (κ2) is 9.62. The Bertz CT molecular complexity index is 1480. The summed E-state index contributed by atoms with van der Waals surface area (Å²) in [6.45, 7) is 8.00. The van der Waals surface area contributed by atoms with Gasteiger partial charge in [0.1, 0.15) is 0 Å². The van der Waals surface area contributed by atoms with Crippen molar-refractivity contribution >= 4 is 22.8 Å². The van der Waals surface area contributed by atoms with Crippen molar-refractivity contribution in [3.8, 4) is 11.1 Å². The zero-order chi connectivity index (χ0) is 25.3. The second-order valence-electron chi connectivity index (χ2n) is 8.97. The van der Waals surface area contributed by atoms with Crippen LogP contribution in [0, 0.1) is 13.8 Å². The Kier molecular flexibility index (Phi) is 6.60. The Morgan fingerprint density at radius 3 is 2.37 bits per heavy atom. The zero-order valence-corrected chi connectivity index (χ0v) is 20.6. The molecule has 0 saturated carbocycles. The van der Waals surface area contributed by atoms with Crippen molar-refractivity contribution in [3.05, 3.63) is 93.0 Å². The zero-order valence-electron chi connectivity index (χ0n) is 20.6. The van der Waals surface area contributed by atoms with Crippen LogP contribution in [0.5, 0.6) is 0 Å². The number of hydrogen-bond donors (Lipinski definition) is 2. The number of nitrogens with one attached hydrogen (secondary N) is 2. The smallest absolute Gasteiger partial charge is 0.337 e. The minimum Gasteiger partial charge on any atom is -0.465 e. The summed E-state index contributed by atoms with van der Waals surface area (Å²) in [5, 5.41) is 3.76. The minimum absolute atomic E-state index is 0.130. The van der Waals surface area contributed by atoms with E-state index in [1.807, 2.05) is 56.4 Å². The van der Waals surface area contributed by atoms with Crippen molar-refractivity contribution in [1.82, 2.24) is 14.9 Å². The Morgan fingerprint density at radius 1 is 1.03 bits per heavy atom. The monoisotopic (exact) mass is 471 g/mol. The quantitative estimate of drug-likeness (QED) is 0.391. The number of ether oxygens (including phenoxy) is 1. The van der Waals surface area contributed by atoms with E-state index < -0.39 is 5.97 Å². The summed E-state index contributed by atoms with van der Waals surface area (Å²) < 4.78 is 6.91. The first kappa shape index (κ1) is 24.0. The molecule has 0 spiro atoms. The predicted molar refractivity (Wildman–Crippen MR) is 137 cm³/mol. The summed E-state index contributed by atoms with van der Waals surface area (Å²) in [4.78, 5) is 40.4. The fourth-order valence-electron chi connectivity index (χ4n) is 4.35. The van der Waals surface area contributed by atoms with Crippen LogP contribution < -0.4 is 10.9 Å². The number of aryl methyl sites for hydroxylation is 2. The van der Waals surface area contributed by atoms with Gasteiger partial charge in [-0.3, -0.25) is 9.59 Å². The second-order valence-corrected chi connectivity index (χ2v) is 8.97. The number of nitrogens with zero attached hydrogens (tertiary/aromatic N) is 1. The van der Waals surface area contributed by atoms with Crippen molar-refractivity contribution in [2.45, 2.75) is 40.3 Å². The van der Waals surface area contributed by atoms with Crippen molar-refractivity contribution in [3.63, 3.8) is 0 Å². The van der Waals surface area contributed by atoms with Gasteiger partial charge in [0.25, 0.3) is 11.5 Å². The van der Waals surface area contributed by atoms with Crippen molar-refractivity contribution in [2.24, 2.45) is 0 Å². The topological polar surface area (TPSA) is 93.2 Å². The van der Waals surface area contributed by atoms with Crippen molar-refractivity contribution in [2.75, 3.05) is 7.11 Å². The van der Waals surface area contributed by atoms with E-state index in [2.05, 4.69) is 28.7 Å². The van der Waals surface area contributed by atoms with Gasteiger partial charge in [-0.05, 0) is 80.8 Å². The van der Waals surface area contributed by atoms with Gasteiger partial charge in [-0.25, -0.2) is 4.79 Å². The first-order valence-corrected chi connectivity index (χ1v) is 11.5. The van der Waals surface area contributed by atoms with Crippen LogP contribution in [-0.2, 0) is 11.3 Å². The molecule has 7 heteroatoms. The van der Waals surface area contributed by atoms with Gasteiger partial charge in [-0.1, -0.05) is 12.1 Å². The van der Waals surface area contributed by atoms with Crippen molar-refractivity contribution < 1.29 is 14.3 Å². The molecule has 0 aliphatic carbocycles. The number of carbonyl (C=O) groups excluding carboxylic acids is 2. The number of aromatic nitrogens is 2. The highest BCUT2D eigenvalue weighted by atomic mass is 16.5. The lowest BCUT2D eigenvalue weighted by Gasteiger charge is -2.14. The fraction of sp³-hybridized carbons (Fsp3) is 0.250. The molecule has 0 radical (unpaired) electrons. The molecule has 2 N–H and O–H groups in total. The highest BCUT2D eigenvalue weighted by molar-refractivity contribution is 6.08. The highest BCUT2D eigenvalue weighted by Crippen LogP contribution is 2.31. The number of esters is 1. The minimum atomic E-state index is -0.401. The predicted octanol–water partition coefficient (Wildman–Crippen LogP) is 4.91. The lowest BCUT2D eigenvalue weighted by Crippen LogP contribution is -2.28. The molecule has 0 unspecified atom stereocenters. The number of aromatic amines is 1. The molecule has 0 aliphatic rings. The van der Waals surface area contributed by atoms with Crippen LogP contribution in [0.25, 0.3) is 22.0 Å². The molecule has 7 nitrogen and oxygen atoms in total. The largest absolute Gasteiger partial charge is 0.465 e. The lowest BCUT2D eigenvalue weighted by atomic mass is 9.98. The van der Waals surface area contributed by atoms with Gasteiger partial charge >= 0.3 is 5.97 Å². The van der Waals surface area contributed by atoms with Crippen LogP contribution in [0.1, 0.15) is 57.4 Å². The SMILES string of the molecule is COC(=O)c1ccc(-c2cc(C(=O)NCc3c(C)cc(C)[nH]c3=O)c3ccn(C(C)C)c3c2)cc1. The van der Waals surface area contributed by atoms with Gasteiger partial charge in [0.2, 0.25) is 0 Å². The van der Waals surface area contributed by atoms with Gasteiger partial charge in [0, 0.05) is 46.5 Å². The van der Waals surface area contributed by atoms with Crippen LogP contribution in [0.3, 0.4) is 0 Å². The summed E-state index contributed by atoms with van der Waals surface area (Å²) in [5.41, 5.74) is 5.60. The van der Waals surface area contributed by atoms with E-state index in [4.69, 9.17) is 4.74 Å². The Labute approximate surface area is 203 Å². The van der Waals surface area contributed by atoms with E-state index in [0.717, 1.165) is 33.3 Å². The molecule has 2 aromatic heterocycles. The number of carbonyl (C=O) groups is 2.